The molecule has 0 bridgehead atoms. The Labute approximate surface area is 214 Å². The molecule has 1 aliphatic rings. The minimum Gasteiger partial charge on any atom is -0.497 e. The van der Waals surface area contributed by atoms with E-state index in [0.29, 0.717) is 6.42 Å². The second-order valence-electron chi connectivity index (χ2n) is 8.78. The van der Waals surface area contributed by atoms with Gasteiger partial charge in [0.05, 0.1) is 24.6 Å². The van der Waals surface area contributed by atoms with Gasteiger partial charge in [-0.2, -0.15) is 5.10 Å². The first-order valence-electron chi connectivity index (χ1n) is 12.1. The smallest absolute Gasteiger partial charge is 0.253 e. The number of amides is 1. The van der Waals surface area contributed by atoms with Crippen LogP contribution in [-0.2, 0) is 11.3 Å². The number of hydrazone groups is 1. The third kappa shape index (κ3) is 4.88. The highest BCUT2D eigenvalue weighted by molar-refractivity contribution is 8.00. The van der Waals surface area contributed by atoms with Gasteiger partial charge >= 0.3 is 0 Å². The number of aromatic nitrogens is 1. The maximum absolute atomic E-state index is 13.6. The SMILES string of the molecule is CCCn1cc(SCC(=O)N2N=C(c3ccc(OC)cc3)C[C@@H]2c2ccc(F)cc2)c2ccccc21. The molecule has 0 aliphatic carbocycles. The topological polar surface area (TPSA) is 46.8 Å². The highest BCUT2D eigenvalue weighted by atomic mass is 32.2. The lowest BCUT2D eigenvalue weighted by Crippen LogP contribution is -2.28. The number of nitrogens with zero attached hydrogens (tertiary/aromatic N) is 3. The normalized spacial score (nSPS) is 15.4. The van der Waals surface area contributed by atoms with E-state index in [4.69, 9.17) is 9.84 Å². The summed E-state index contributed by atoms with van der Waals surface area (Å²) in [5, 5.41) is 7.48. The van der Waals surface area contributed by atoms with Gasteiger partial charge in [-0.1, -0.05) is 37.3 Å². The van der Waals surface area contributed by atoms with Crippen molar-refractivity contribution < 1.29 is 13.9 Å². The molecule has 5 nitrogen and oxygen atoms in total. The van der Waals surface area contributed by atoms with Gasteiger partial charge in [0.15, 0.2) is 0 Å². The highest BCUT2D eigenvalue weighted by Gasteiger charge is 2.33. The number of hydrogen-bond donors (Lipinski definition) is 0. The van der Waals surface area contributed by atoms with Gasteiger partial charge in [-0.15, -0.1) is 11.8 Å². The zero-order valence-corrected chi connectivity index (χ0v) is 21.2. The molecule has 7 heteroatoms. The van der Waals surface area contributed by atoms with E-state index in [9.17, 15) is 9.18 Å². The van der Waals surface area contributed by atoms with Crippen molar-refractivity contribution in [2.75, 3.05) is 12.9 Å². The molecule has 0 spiro atoms. The molecule has 0 saturated carbocycles. The maximum atomic E-state index is 13.6. The van der Waals surface area contributed by atoms with E-state index in [0.717, 1.165) is 45.8 Å². The number of para-hydroxylation sites is 1. The van der Waals surface area contributed by atoms with Gasteiger partial charge in [0.1, 0.15) is 11.6 Å². The lowest BCUT2D eigenvalue weighted by atomic mass is 9.98. The molecule has 184 valence electrons. The number of halogens is 1. The standard InChI is InChI=1S/C29H28FN3O2S/c1-3-16-32-18-28(24-6-4-5-7-26(24)32)36-19-29(34)33-27(21-8-12-22(30)13-9-21)17-25(31-33)20-10-14-23(35-2)15-11-20/h4-15,18,27H,3,16-17,19H2,1-2H3/t27-/m1/s1. The Morgan fingerprint density at radius 1 is 1.08 bits per heavy atom. The predicted octanol–water partition coefficient (Wildman–Crippen LogP) is 6.67. The van der Waals surface area contributed by atoms with Crippen LogP contribution in [0.1, 0.15) is 36.9 Å². The number of carbonyl (C=O) groups is 1. The monoisotopic (exact) mass is 501 g/mol. The van der Waals surface area contributed by atoms with Gasteiger partial charge in [0.25, 0.3) is 5.91 Å². The second kappa shape index (κ2) is 10.6. The molecule has 0 unspecified atom stereocenters. The average Bonchev–Trinajstić information content (AvgIpc) is 3.51. The summed E-state index contributed by atoms with van der Waals surface area (Å²) in [5.41, 5.74) is 3.81. The molecule has 0 saturated heterocycles. The number of methoxy groups -OCH3 is 1. The minimum atomic E-state index is -0.301. The number of rotatable bonds is 8. The Kier molecular flexibility index (Phi) is 7.09. The van der Waals surface area contributed by atoms with Crippen molar-refractivity contribution in [2.45, 2.75) is 37.2 Å². The molecule has 0 radical (unpaired) electrons. The highest BCUT2D eigenvalue weighted by Crippen LogP contribution is 2.35. The molecule has 0 fully saturated rings. The van der Waals surface area contributed by atoms with Crippen LogP contribution in [0.4, 0.5) is 4.39 Å². The maximum Gasteiger partial charge on any atom is 0.253 e. The van der Waals surface area contributed by atoms with E-state index >= 15 is 0 Å². The van der Waals surface area contributed by atoms with Crippen LogP contribution in [0, 0.1) is 5.82 Å². The van der Waals surface area contributed by atoms with E-state index in [2.05, 4.69) is 29.8 Å². The Morgan fingerprint density at radius 3 is 2.56 bits per heavy atom. The molecule has 5 rings (SSSR count). The van der Waals surface area contributed by atoms with Crippen LogP contribution >= 0.6 is 11.8 Å². The van der Waals surface area contributed by atoms with E-state index in [1.165, 1.54) is 29.4 Å². The van der Waals surface area contributed by atoms with Gasteiger partial charge in [-0.25, -0.2) is 9.40 Å². The lowest BCUT2D eigenvalue weighted by molar-refractivity contribution is -0.130. The van der Waals surface area contributed by atoms with Crippen LogP contribution in [0.25, 0.3) is 10.9 Å². The molecule has 4 aromatic rings. The van der Waals surface area contributed by atoms with Gasteiger partial charge in [-0.3, -0.25) is 4.79 Å². The van der Waals surface area contributed by atoms with Crippen molar-refractivity contribution >= 4 is 34.3 Å². The first-order valence-corrected chi connectivity index (χ1v) is 13.1. The fraction of sp³-hybridized carbons (Fsp3) is 0.241. The number of carbonyl (C=O) groups excluding carboxylic acids is 1. The summed E-state index contributed by atoms with van der Waals surface area (Å²) in [5.74, 6) is 0.645. The van der Waals surface area contributed by atoms with Crippen LogP contribution in [0.15, 0.2) is 89.0 Å². The summed E-state index contributed by atoms with van der Waals surface area (Å²) in [4.78, 5) is 14.6. The first-order chi connectivity index (χ1) is 17.6. The summed E-state index contributed by atoms with van der Waals surface area (Å²) in [7, 11) is 1.63. The van der Waals surface area contributed by atoms with Crippen LogP contribution in [0.2, 0.25) is 0 Å². The van der Waals surface area contributed by atoms with E-state index < -0.39 is 0 Å². The third-order valence-electron chi connectivity index (χ3n) is 6.41. The Balaban J connectivity index is 1.40. The Bertz CT molecular complexity index is 1400. The molecule has 1 aliphatic heterocycles. The summed E-state index contributed by atoms with van der Waals surface area (Å²) < 4.78 is 21.1. The zero-order chi connectivity index (χ0) is 25.1. The predicted molar refractivity (Wildman–Crippen MR) is 143 cm³/mol. The molecule has 0 N–H and O–H groups in total. The summed E-state index contributed by atoms with van der Waals surface area (Å²) in [6.07, 6.45) is 3.74. The number of benzene rings is 3. The van der Waals surface area contributed by atoms with Crippen molar-refractivity contribution in [3.05, 3.63) is 95.9 Å². The molecule has 1 amide bonds. The molecule has 3 aromatic carbocycles. The summed E-state index contributed by atoms with van der Waals surface area (Å²) >= 11 is 1.54. The molecule has 1 aromatic heterocycles. The number of hydrogen-bond acceptors (Lipinski definition) is 4. The van der Waals surface area contributed by atoms with Crippen LogP contribution < -0.4 is 4.74 Å². The molecule has 36 heavy (non-hydrogen) atoms. The second-order valence-corrected chi connectivity index (χ2v) is 9.79. The number of fused-ring (bicyclic) bond motifs is 1. The van der Waals surface area contributed by atoms with Crippen molar-refractivity contribution in [3.63, 3.8) is 0 Å². The quantitative estimate of drug-likeness (QED) is 0.253. The number of thioether (sulfide) groups is 1. The minimum absolute atomic E-state index is 0.0786. The Hall–Kier alpha value is -3.58. The van der Waals surface area contributed by atoms with Crippen molar-refractivity contribution in [2.24, 2.45) is 5.10 Å². The van der Waals surface area contributed by atoms with Crippen LogP contribution in [0.5, 0.6) is 5.75 Å². The fourth-order valence-electron chi connectivity index (χ4n) is 4.60. The summed E-state index contributed by atoms with van der Waals surface area (Å²) in [6.45, 7) is 3.09. The average molecular weight is 502 g/mol. The lowest BCUT2D eigenvalue weighted by Gasteiger charge is -2.22. The van der Waals surface area contributed by atoms with Gasteiger partial charge in [-0.05, 0) is 60.0 Å². The van der Waals surface area contributed by atoms with Crippen molar-refractivity contribution in [1.82, 2.24) is 9.58 Å². The molecule has 2 heterocycles. The van der Waals surface area contributed by atoms with Crippen molar-refractivity contribution in [3.8, 4) is 5.75 Å². The number of ether oxygens (including phenoxy) is 1. The van der Waals surface area contributed by atoms with Gasteiger partial charge in [0.2, 0.25) is 0 Å². The van der Waals surface area contributed by atoms with E-state index in [1.54, 1.807) is 24.3 Å². The zero-order valence-electron chi connectivity index (χ0n) is 20.4. The van der Waals surface area contributed by atoms with Crippen molar-refractivity contribution in [1.29, 1.82) is 0 Å². The van der Waals surface area contributed by atoms with Crippen LogP contribution in [0.3, 0.4) is 0 Å². The van der Waals surface area contributed by atoms with Crippen LogP contribution in [-0.4, -0.2) is 34.1 Å². The van der Waals surface area contributed by atoms with E-state index in [-0.39, 0.29) is 23.5 Å². The molecular weight excluding hydrogens is 473 g/mol. The fourth-order valence-corrected chi connectivity index (χ4v) is 5.54. The van der Waals surface area contributed by atoms with E-state index in [1.807, 2.05) is 36.4 Å². The molecule has 1 atom stereocenters. The first kappa shape index (κ1) is 24.1. The Morgan fingerprint density at radius 2 is 1.83 bits per heavy atom. The van der Waals surface area contributed by atoms with Gasteiger partial charge in [0, 0.05) is 35.0 Å². The largest absolute Gasteiger partial charge is 0.497 e. The number of aryl methyl sites for hydroxylation is 1. The van der Waals surface area contributed by atoms with Gasteiger partial charge < -0.3 is 9.30 Å². The molecular formula is C29H28FN3O2S. The summed E-state index contributed by atoms with van der Waals surface area (Å²) in [6, 6.07) is 22.0. The third-order valence-corrected chi connectivity index (χ3v) is 7.44.